The lowest BCUT2D eigenvalue weighted by Crippen LogP contribution is -2.27. The van der Waals surface area contributed by atoms with Crippen LogP contribution in [0.2, 0.25) is 0 Å². The van der Waals surface area contributed by atoms with Crippen LogP contribution in [0.4, 0.5) is 0 Å². The Morgan fingerprint density at radius 2 is 2.23 bits per heavy atom. The van der Waals surface area contributed by atoms with Gasteiger partial charge >= 0.3 is 0 Å². The van der Waals surface area contributed by atoms with E-state index in [1.807, 2.05) is 6.92 Å². The van der Waals surface area contributed by atoms with Crippen LogP contribution in [0.5, 0.6) is 0 Å². The Morgan fingerprint density at radius 3 is 2.85 bits per heavy atom. The lowest BCUT2D eigenvalue weighted by atomic mass is 10.3. The highest BCUT2D eigenvalue weighted by molar-refractivity contribution is 5.07. The Bertz CT molecular complexity index is 332. The number of aliphatic hydroxyl groups excluding tert-OH is 2. The summed E-state index contributed by atoms with van der Waals surface area (Å²) in [6, 6.07) is 3.16. The van der Waals surface area contributed by atoms with Crippen LogP contribution in [-0.4, -0.2) is 27.5 Å². The number of nitrogens with zero attached hydrogens (tertiary/aromatic N) is 1. The smallest absolute Gasteiger partial charge is 0.250 e. The minimum absolute atomic E-state index is 0.136. The zero-order valence-electron chi connectivity index (χ0n) is 7.47. The molecular formula is C9H13NO3. The maximum absolute atomic E-state index is 11.2. The number of aromatic nitrogens is 1. The Morgan fingerprint density at radius 1 is 1.54 bits per heavy atom. The molecule has 0 radical (unpaired) electrons. The Labute approximate surface area is 76.1 Å². The highest BCUT2D eigenvalue weighted by atomic mass is 16.3. The SMILES string of the molecule is Cc1ccc(=O)n(CC(O)CO)c1. The first-order valence-corrected chi connectivity index (χ1v) is 4.09. The van der Waals surface area contributed by atoms with Crippen LogP contribution < -0.4 is 5.56 Å². The topological polar surface area (TPSA) is 62.5 Å². The maximum Gasteiger partial charge on any atom is 0.250 e. The second kappa shape index (κ2) is 4.20. The molecule has 0 saturated heterocycles. The van der Waals surface area contributed by atoms with Crippen LogP contribution in [0.3, 0.4) is 0 Å². The molecule has 0 spiro atoms. The summed E-state index contributed by atoms with van der Waals surface area (Å²) in [7, 11) is 0. The summed E-state index contributed by atoms with van der Waals surface area (Å²) in [6.07, 6.45) is 0.779. The molecule has 0 bridgehead atoms. The lowest BCUT2D eigenvalue weighted by Gasteiger charge is -2.09. The zero-order valence-corrected chi connectivity index (χ0v) is 7.47. The summed E-state index contributed by atoms with van der Waals surface area (Å²) < 4.78 is 1.39. The standard InChI is InChI=1S/C9H13NO3/c1-7-2-3-9(13)10(4-7)5-8(12)6-11/h2-4,8,11-12H,5-6H2,1H3. The molecule has 0 aromatic carbocycles. The molecule has 2 N–H and O–H groups in total. The Hall–Kier alpha value is -1.13. The van der Waals surface area contributed by atoms with Gasteiger partial charge in [0.05, 0.1) is 19.3 Å². The summed E-state index contributed by atoms with van der Waals surface area (Å²) >= 11 is 0. The molecule has 0 amide bonds. The monoisotopic (exact) mass is 183 g/mol. The molecule has 72 valence electrons. The van der Waals surface area contributed by atoms with Crippen molar-refractivity contribution < 1.29 is 10.2 Å². The number of aryl methyl sites for hydroxylation is 1. The van der Waals surface area contributed by atoms with Crippen LogP contribution in [-0.2, 0) is 6.54 Å². The lowest BCUT2D eigenvalue weighted by molar-refractivity contribution is 0.0803. The number of hydrogen-bond donors (Lipinski definition) is 2. The van der Waals surface area contributed by atoms with Gasteiger partial charge in [-0.2, -0.15) is 0 Å². The molecular weight excluding hydrogens is 170 g/mol. The number of hydrogen-bond acceptors (Lipinski definition) is 3. The van der Waals surface area contributed by atoms with Crippen molar-refractivity contribution in [3.63, 3.8) is 0 Å². The van der Waals surface area contributed by atoms with Gasteiger partial charge in [-0.15, -0.1) is 0 Å². The summed E-state index contributed by atoms with van der Waals surface area (Å²) in [5, 5.41) is 17.7. The largest absolute Gasteiger partial charge is 0.394 e. The van der Waals surface area contributed by atoms with Crippen molar-refractivity contribution in [3.05, 3.63) is 34.2 Å². The molecule has 1 aromatic rings. The molecule has 4 nitrogen and oxygen atoms in total. The van der Waals surface area contributed by atoms with Crippen LogP contribution in [0.1, 0.15) is 5.56 Å². The van der Waals surface area contributed by atoms with Gasteiger partial charge in [0.1, 0.15) is 0 Å². The number of rotatable bonds is 3. The molecule has 0 fully saturated rings. The molecule has 0 saturated carbocycles. The van der Waals surface area contributed by atoms with Gasteiger partial charge in [-0.25, -0.2) is 0 Å². The molecule has 1 rings (SSSR count). The first kappa shape index (κ1) is 9.95. The molecule has 1 unspecified atom stereocenters. The molecule has 0 aliphatic heterocycles. The third-order valence-corrected chi connectivity index (χ3v) is 1.75. The van der Waals surface area contributed by atoms with E-state index in [2.05, 4.69) is 0 Å². The normalized spacial score (nSPS) is 12.8. The Kier molecular flexibility index (Phi) is 3.22. The van der Waals surface area contributed by atoms with E-state index in [0.29, 0.717) is 0 Å². The van der Waals surface area contributed by atoms with Gasteiger partial charge in [-0.1, -0.05) is 6.07 Å². The van der Waals surface area contributed by atoms with Gasteiger partial charge in [0, 0.05) is 12.3 Å². The van der Waals surface area contributed by atoms with Gasteiger partial charge in [-0.05, 0) is 12.5 Å². The zero-order chi connectivity index (χ0) is 9.84. The minimum Gasteiger partial charge on any atom is -0.394 e. The van der Waals surface area contributed by atoms with Crippen molar-refractivity contribution in [2.75, 3.05) is 6.61 Å². The van der Waals surface area contributed by atoms with E-state index in [1.165, 1.54) is 10.6 Å². The maximum atomic E-state index is 11.2. The summed E-state index contributed by atoms with van der Waals surface area (Å²) in [5.41, 5.74) is 0.780. The van der Waals surface area contributed by atoms with Crippen molar-refractivity contribution in [1.82, 2.24) is 4.57 Å². The van der Waals surface area contributed by atoms with E-state index < -0.39 is 6.10 Å². The second-order valence-corrected chi connectivity index (χ2v) is 3.03. The van der Waals surface area contributed by atoms with Crippen molar-refractivity contribution in [2.24, 2.45) is 0 Å². The predicted octanol–water partition coefficient (Wildman–Crippen LogP) is -0.490. The van der Waals surface area contributed by atoms with E-state index in [1.54, 1.807) is 12.3 Å². The third-order valence-electron chi connectivity index (χ3n) is 1.75. The fourth-order valence-electron chi connectivity index (χ4n) is 1.08. The van der Waals surface area contributed by atoms with Crippen molar-refractivity contribution in [1.29, 1.82) is 0 Å². The van der Waals surface area contributed by atoms with Crippen molar-refractivity contribution >= 4 is 0 Å². The summed E-state index contributed by atoms with van der Waals surface area (Å²) in [6.45, 7) is 1.67. The van der Waals surface area contributed by atoms with Crippen LogP contribution in [0, 0.1) is 6.92 Å². The van der Waals surface area contributed by atoms with Crippen molar-refractivity contribution in [3.8, 4) is 0 Å². The first-order chi connectivity index (χ1) is 6.13. The number of aliphatic hydroxyl groups is 2. The van der Waals surface area contributed by atoms with E-state index in [0.717, 1.165) is 5.56 Å². The summed E-state index contributed by atoms with van der Waals surface area (Å²) in [4.78, 5) is 11.2. The average molecular weight is 183 g/mol. The van der Waals surface area contributed by atoms with Crippen LogP contribution >= 0.6 is 0 Å². The van der Waals surface area contributed by atoms with Gasteiger partial charge in [0.25, 0.3) is 5.56 Å². The highest BCUT2D eigenvalue weighted by Crippen LogP contribution is 1.94. The van der Waals surface area contributed by atoms with Crippen LogP contribution in [0.15, 0.2) is 23.1 Å². The highest BCUT2D eigenvalue weighted by Gasteiger charge is 2.03. The van der Waals surface area contributed by atoms with E-state index in [-0.39, 0.29) is 18.7 Å². The van der Waals surface area contributed by atoms with Gasteiger partial charge in [0.15, 0.2) is 0 Å². The molecule has 1 heterocycles. The van der Waals surface area contributed by atoms with E-state index in [4.69, 9.17) is 10.2 Å². The van der Waals surface area contributed by atoms with Gasteiger partial charge in [-0.3, -0.25) is 4.79 Å². The first-order valence-electron chi connectivity index (χ1n) is 4.09. The van der Waals surface area contributed by atoms with E-state index >= 15 is 0 Å². The van der Waals surface area contributed by atoms with E-state index in [9.17, 15) is 4.79 Å². The fraction of sp³-hybridized carbons (Fsp3) is 0.444. The molecule has 13 heavy (non-hydrogen) atoms. The molecule has 1 atom stereocenters. The minimum atomic E-state index is -0.875. The number of pyridine rings is 1. The molecule has 4 heteroatoms. The molecule has 1 aromatic heterocycles. The van der Waals surface area contributed by atoms with Crippen LogP contribution in [0.25, 0.3) is 0 Å². The summed E-state index contributed by atoms with van der Waals surface area (Å²) in [5.74, 6) is 0. The Balaban J connectivity index is 2.87. The third kappa shape index (κ3) is 2.68. The predicted molar refractivity (Wildman–Crippen MR) is 48.5 cm³/mol. The van der Waals surface area contributed by atoms with Gasteiger partial charge in [0.2, 0.25) is 0 Å². The fourth-order valence-corrected chi connectivity index (χ4v) is 1.08. The molecule has 0 aliphatic rings. The second-order valence-electron chi connectivity index (χ2n) is 3.03. The molecule has 0 aliphatic carbocycles. The quantitative estimate of drug-likeness (QED) is 0.664. The van der Waals surface area contributed by atoms with Crippen molar-refractivity contribution in [2.45, 2.75) is 19.6 Å². The van der Waals surface area contributed by atoms with Gasteiger partial charge < -0.3 is 14.8 Å². The average Bonchev–Trinajstić information content (AvgIpc) is 2.11.